The summed E-state index contributed by atoms with van der Waals surface area (Å²) in [6.45, 7) is 2.18. The molecule has 26 heavy (non-hydrogen) atoms. The fourth-order valence-electron chi connectivity index (χ4n) is 3.10. The van der Waals surface area contributed by atoms with Crippen LogP contribution in [0.15, 0.2) is 35.3 Å². The van der Waals surface area contributed by atoms with Gasteiger partial charge in [0.15, 0.2) is 0 Å². The molecule has 7 nitrogen and oxygen atoms in total. The standard InChI is InChI=1S/C18H19N5O2S/c1-25-12-4-2-11(3-5-12)17-20-8-13(26-17)9-23-7-6-15-14(10-23)16(24)22-18(19)21-15/h2-5,8H,6-7,9-10H2,1H3,(H3,19,21,22,24). The van der Waals surface area contributed by atoms with Crippen LogP contribution in [0.3, 0.4) is 0 Å². The summed E-state index contributed by atoms with van der Waals surface area (Å²) in [4.78, 5) is 26.9. The highest BCUT2D eigenvalue weighted by molar-refractivity contribution is 7.15. The maximum absolute atomic E-state index is 12.1. The van der Waals surface area contributed by atoms with E-state index in [2.05, 4.69) is 19.9 Å². The smallest absolute Gasteiger partial charge is 0.257 e. The lowest BCUT2D eigenvalue weighted by Crippen LogP contribution is -2.35. The van der Waals surface area contributed by atoms with Crippen molar-refractivity contribution in [2.75, 3.05) is 19.4 Å². The third-order valence-electron chi connectivity index (χ3n) is 4.44. The van der Waals surface area contributed by atoms with E-state index in [9.17, 15) is 4.79 Å². The van der Waals surface area contributed by atoms with Crippen molar-refractivity contribution in [3.05, 3.63) is 57.0 Å². The Hall–Kier alpha value is -2.71. The van der Waals surface area contributed by atoms with Gasteiger partial charge >= 0.3 is 0 Å². The predicted molar refractivity (Wildman–Crippen MR) is 101 cm³/mol. The van der Waals surface area contributed by atoms with E-state index in [1.807, 2.05) is 30.5 Å². The van der Waals surface area contributed by atoms with Crippen molar-refractivity contribution >= 4 is 17.3 Å². The Morgan fingerprint density at radius 3 is 2.92 bits per heavy atom. The van der Waals surface area contributed by atoms with Crippen molar-refractivity contribution in [3.63, 3.8) is 0 Å². The minimum Gasteiger partial charge on any atom is -0.497 e. The summed E-state index contributed by atoms with van der Waals surface area (Å²) >= 11 is 1.67. The topological polar surface area (TPSA) is 97.1 Å². The van der Waals surface area contributed by atoms with E-state index in [4.69, 9.17) is 10.5 Å². The Bertz CT molecular complexity index is 980. The van der Waals surface area contributed by atoms with Crippen LogP contribution < -0.4 is 16.0 Å². The number of aromatic amines is 1. The van der Waals surface area contributed by atoms with Gasteiger partial charge in [-0.3, -0.25) is 14.7 Å². The van der Waals surface area contributed by atoms with E-state index in [0.717, 1.165) is 41.5 Å². The second-order valence-electron chi connectivity index (χ2n) is 6.20. The van der Waals surface area contributed by atoms with Crippen molar-refractivity contribution in [1.82, 2.24) is 19.9 Å². The number of hydrogen-bond acceptors (Lipinski definition) is 7. The van der Waals surface area contributed by atoms with Crippen molar-refractivity contribution in [3.8, 4) is 16.3 Å². The predicted octanol–water partition coefficient (Wildman–Crippen LogP) is 2.04. The number of benzene rings is 1. The molecular weight excluding hydrogens is 350 g/mol. The Labute approximate surface area is 154 Å². The number of rotatable bonds is 4. The van der Waals surface area contributed by atoms with Crippen LogP contribution in [0, 0.1) is 0 Å². The summed E-state index contributed by atoms with van der Waals surface area (Å²) in [6.07, 6.45) is 2.64. The largest absolute Gasteiger partial charge is 0.497 e. The number of thiazole rings is 1. The third kappa shape index (κ3) is 3.33. The molecule has 0 radical (unpaired) electrons. The van der Waals surface area contributed by atoms with Gasteiger partial charge in [-0.1, -0.05) is 0 Å². The van der Waals surface area contributed by atoms with Crippen LogP contribution >= 0.6 is 11.3 Å². The molecule has 3 aromatic rings. The Balaban J connectivity index is 1.48. The number of H-pyrrole nitrogens is 1. The van der Waals surface area contributed by atoms with Crippen LogP contribution in [-0.4, -0.2) is 33.5 Å². The molecular formula is C18H19N5O2S. The minimum absolute atomic E-state index is 0.138. The van der Waals surface area contributed by atoms with Crippen molar-refractivity contribution < 1.29 is 4.74 Å². The molecule has 0 bridgehead atoms. The molecule has 1 aliphatic heterocycles. The van der Waals surface area contributed by atoms with E-state index in [1.165, 1.54) is 4.88 Å². The van der Waals surface area contributed by atoms with Gasteiger partial charge in [0.1, 0.15) is 10.8 Å². The number of nitrogens with two attached hydrogens (primary N) is 1. The molecule has 8 heteroatoms. The number of methoxy groups -OCH3 is 1. The second kappa shape index (κ2) is 6.89. The normalized spacial score (nSPS) is 14.2. The molecule has 4 rings (SSSR count). The fourth-order valence-corrected chi connectivity index (χ4v) is 4.06. The van der Waals surface area contributed by atoms with Crippen LogP contribution in [0.5, 0.6) is 5.75 Å². The third-order valence-corrected chi connectivity index (χ3v) is 5.47. The van der Waals surface area contributed by atoms with Gasteiger partial charge in [0.25, 0.3) is 5.56 Å². The summed E-state index contributed by atoms with van der Waals surface area (Å²) < 4.78 is 5.19. The molecule has 3 N–H and O–H groups in total. The molecule has 2 aromatic heterocycles. The number of nitrogen functional groups attached to an aromatic ring is 1. The van der Waals surface area contributed by atoms with Gasteiger partial charge in [-0.05, 0) is 24.3 Å². The first-order valence-electron chi connectivity index (χ1n) is 8.31. The van der Waals surface area contributed by atoms with Gasteiger partial charge in [-0.15, -0.1) is 11.3 Å². The van der Waals surface area contributed by atoms with Gasteiger partial charge in [0.05, 0.1) is 18.4 Å². The summed E-state index contributed by atoms with van der Waals surface area (Å²) in [5.74, 6) is 1.02. The van der Waals surface area contributed by atoms with E-state index in [-0.39, 0.29) is 11.5 Å². The highest BCUT2D eigenvalue weighted by atomic mass is 32.1. The van der Waals surface area contributed by atoms with Crippen LogP contribution in [0.25, 0.3) is 10.6 Å². The summed E-state index contributed by atoms with van der Waals surface area (Å²) in [7, 11) is 1.65. The first-order valence-corrected chi connectivity index (χ1v) is 9.13. The molecule has 0 aliphatic carbocycles. The van der Waals surface area contributed by atoms with E-state index >= 15 is 0 Å². The SMILES string of the molecule is COc1ccc(-c2ncc(CN3CCc4nc(N)[nH]c(=O)c4C3)s2)cc1. The number of nitrogens with one attached hydrogen (secondary N) is 1. The lowest BCUT2D eigenvalue weighted by Gasteiger charge is -2.26. The number of hydrogen-bond donors (Lipinski definition) is 2. The highest BCUT2D eigenvalue weighted by Gasteiger charge is 2.21. The molecule has 134 valence electrons. The average molecular weight is 369 g/mol. The van der Waals surface area contributed by atoms with Crippen molar-refractivity contribution in [2.45, 2.75) is 19.5 Å². The molecule has 0 saturated heterocycles. The van der Waals surface area contributed by atoms with Crippen LogP contribution in [0.4, 0.5) is 5.95 Å². The Morgan fingerprint density at radius 1 is 1.35 bits per heavy atom. The van der Waals surface area contributed by atoms with Crippen LogP contribution in [0.1, 0.15) is 16.1 Å². The van der Waals surface area contributed by atoms with Crippen LogP contribution in [-0.2, 0) is 19.5 Å². The number of anilines is 1. The maximum Gasteiger partial charge on any atom is 0.257 e. The highest BCUT2D eigenvalue weighted by Crippen LogP contribution is 2.28. The van der Waals surface area contributed by atoms with E-state index in [1.54, 1.807) is 18.4 Å². The zero-order chi connectivity index (χ0) is 18.1. The van der Waals surface area contributed by atoms with Gasteiger partial charge in [0.2, 0.25) is 5.95 Å². The number of fused-ring (bicyclic) bond motifs is 1. The summed E-state index contributed by atoms with van der Waals surface area (Å²) in [5, 5.41) is 0.979. The minimum atomic E-state index is -0.138. The summed E-state index contributed by atoms with van der Waals surface area (Å²) in [5.41, 5.74) is 8.08. The molecule has 1 aliphatic rings. The van der Waals surface area contributed by atoms with Gasteiger partial charge < -0.3 is 10.5 Å². The van der Waals surface area contributed by atoms with Crippen molar-refractivity contribution in [1.29, 1.82) is 0 Å². The lowest BCUT2D eigenvalue weighted by molar-refractivity contribution is 0.244. The molecule has 0 fully saturated rings. The number of nitrogens with zero attached hydrogens (tertiary/aromatic N) is 3. The molecule has 0 saturated carbocycles. The second-order valence-corrected chi connectivity index (χ2v) is 7.31. The van der Waals surface area contributed by atoms with Gasteiger partial charge in [0, 0.05) is 42.7 Å². The molecule has 3 heterocycles. The number of ether oxygens (including phenoxy) is 1. The fraction of sp³-hybridized carbons (Fsp3) is 0.278. The lowest BCUT2D eigenvalue weighted by atomic mass is 10.1. The molecule has 0 amide bonds. The zero-order valence-electron chi connectivity index (χ0n) is 14.4. The van der Waals surface area contributed by atoms with Crippen LogP contribution in [0.2, 0.25) is 0 Å². The summed E-state index contributed by atoms with van der Waals surface area (Å²) in [6, 6.07) is 7.88. The van der Waals surface area contributed by atoms with Gasteiger partial charge in [-0.2, -0.15) is 0 Å². The molecule has 0 unspecified atom stereocenters. The molecule has 0 atom stereocenters. The van der Waals surface area contributed by atoms with Crippen molar-refractivity contribution in [2.24, 2.45) is 0 Å². The Morgan fingerprint density at radius 2 is 2.15 bits per heavy atom. The number of aromatic nitrogens is 3. The van der Waals surface area contributed by atoms with Gasteiger partial charge in [-0.25, -0.2) is 9.97 Å². The van der Waals surface area contributed by atoms with E-state index in [0.29, 0.717) is 12.1 Å². The first-order chi connectivity index (χ1) is 12.6. The van der Waals surface area contributed by atoms with E-state index < -0.39 is 0 Å². The zero-order valence-corrected chi connectivity index (χ0v) is 15.2. The molecule has 1 aromatic carbocycles. The quantitative estimate of drug-likeness (QED) is 0.730. The molecule has 0 spiro atoms. The Kier molecular flexibility index (Phi) is 4.44. The monoisotopic (exact) mass is 369 g/mol. The first kappa shape index (κ1) is 16.7. The average Bonchev–Trinajstić information content (AvgIpc) is 3.11. The maximum atomic E-state index is 12.1.